The van der Waals surface area contributed by atoms with Gasteiger partial charge in [0, 0.05) is 55.8 Å². The Labute approximate surface area is 332 Å². The van der Waals surface area contributed by atoms with Gasteiger partial charge < -0.3 is 28.9 Å². The smallest absolute Gasteiger partial charge is 0.412 e. The van der Waals surface area contributed by atoms with Crippen LogP contribution in [-0.4, -0.2) is 106 Å². The Hall–Kier alpha value is -4.92. The zero-order valence-electron chi connectivity index (χ0n) is 33.1. The number of fused-ring (bicyclic) bond motifs is 6. The number of aromatic nitrogens is 3. The van der Waals surface area contributed by atoms with Crippen molar-refractivity contribution < 1.29 is 32.6 Å². The molecule has 2 bridgehead atoms. The molecule has 300 valence electrons. The number of carbonyl (C=O) groups excluding carboxylic acids is 2. The third kappa shape index (κ3) is 6.18. The lowest BCUT2D eigenvalue weighted by molar-refractivity contribution is -0.0135. The quantitative estimate of drug-likeness (QED) is 0.229. The molecule has 1 aromatic carbocycles. The van der Waals surface area contributed by atoms with Gasteiger partial charge in [0.15, 0.2) is 11.6 Å². The van der Waals surface area contributed by atoms with Crippen LogP contribution in [0.5, 0.6) is 0 Å². The number of likely N-dealkylation sites (tertiary alicyclic amines) is 2. The summed E-state index contributed by atoms with van der Waals surface area (Å²) in [6, 6.07) is 1.91. The number of halogens is 2. The molecule has 57 heavy (non-hydrogen) atoms. The summed E-state index contributed by atoms with van der Waals surface area (Å²) in [5.41, 5.74) is -0.107. The molecule has 8 heterocycles. The molecule has 4 aromatic rings. The zero-order chi connectivity index (χ0) is 40.3. The molecule has 2 unspecified atom stereocenters. The lowest BCUT2D eigenvalue weighted by atomic mass is 9.78. The van der Waals surface area contributed by atoms with E-state index in [0.717, 1.165) is 43.3 Å². The van der Waals surface area contributed by atoms with Crippen molar-refractivity contribution in [3.63, 3.8) is 0 Å². The van der Waals surface area contributed by atoms with Gasteiger partial charge in [-0.15, -0.1) is 11.3 Å². The van der Waals surface area contributed by atoms with Gasteiger partial charge in [0.25, 0.3) is 0 Å². The van der Waals surface area contributed by atoms with E-state index in [2.05, 4.69) is 38.1 Å². The minimum absolute atomic E-state index is 0.0351. The first-order chi connectivity index (χ1) is 26.9. The van der Waals surface area contributed by atoms with Crippen LogP contribution in [0.1, 0.15) is 77.5 Å². The number of thiophene rings is 1. The van der Waals surface area contributed by atoms with Crippen molar-refractivity contribution in [1.29, 1.82) is 5.26 Å². The van der Waals surface area contributed by atoms with E-state index in [9.17, 15) is 14.9 Å². The summed E-state index contributed by atoms with van der Waals surface area (Å²) in [5.74, 6) is -0.416. The van der Waals surface area contributed by atoms with Crippen molar-refractivity contribution in [2.75, 3.05) is 54.9 Å². The summed E-state index contributed by atoms with van der Waals surface area (Å²) in [5, 5.41) is 13.7. The predicted molar refractivity (Wildman–Crippen MR) is 210 cm³/mol. The average molecular weight is 802 g/mol. The van der Waals surface area contributed by atoms with E-state index in [-0.39, 0.29) is 74.4 Å². The molecular weight excluding hydrogens is 757 g/mol. The number of ether oxygens (including phenoxy) is 3. The second kappa shape index (κ2) is 13.0. The molecule has 1 spiro atoms. The second-order valence-corrected chi connectivity index (χ2v) is 18.9. The van der Waals surface area contributed by atoms with Crippen LogP contribution in [0.15, 0.2) is 6.20 Å². The van der Waals surface area contributed by atoms with E-state index in [4.69, 9.17) is 24.2 Å². The van der Waals surface area contributed by atoms with Crippen LogP contribution in [-0.2, 0) is 27.4 Å². The molecule has 3 aromatic heterocycles. The number of piperazine rings is 1. The first-order valence-electron chi connectivity index (χ1n) is 19.3. The molecule has 5 aliphatic heterocycles. The van der Waals surface area contributed by atoms with E-state index in [1.165, 1.54) is 0 Å². The van der Waals surface area contributed by atoms with E-state index in [1.54, 1.807) is 25.7 Å². The monoisotopic (exact) mass is 801 g/mol. The fourth-order valence-electron chi connectivity index (χ4n) is 9.01. The van der Waals surface area contributed by atoms with Crippen molar-refractivity contribution >= 4 is 61.3 Å². The number of benzene rings is 1. The minimum Gasteiger partial charge on any atom is -0.444 e. The number of nitrogens with one attached hydrogen (secondary N) is 1. The first kappa shape index (κ1) is 37.6. The Balaban J connectivity index is 1.21. The lowest BCUT2D eigenvalue weighted by Crippen LogP contribution is -2.76. The number of carbonyl (C=O) groups is 2. The van der Waals surface area contributed by atoms with Gasteiger partial charge in [-0.2, -0.15) is 10.2 Å². The van der Waals surface area contributed by atoms with E-state index in [0.29, 0.717) is 54.5 Å². The Morgan fingerprint density at radius 3 is 2.32 bits per heavy atom. The highest BCUT2D eigenvalue weighted by atomic mass is 32.1. The Morgan fingerprint density at radius 2 is 1.70 bits per heavy atom. The Bertz CT molecular complexity index is 2400. The largest absolute Gasteiger partial charge is 0.444 e. The van der Waals surface area contributed by atoms with Crippen molar-refractivity contribution in [2.45, 2.75) is 103 Å². The van der Waals surface area contributed by atoms with Gasteiger partial charge in [-0.25, -0.2) is 23.4 Å². The Kier molecular flexibility index (Phi) is 8.62. The summed E-state index contributed by atoms with van der Waals surface area (Å²) in [4.78, 5) is 49.1. The van der Waals surface area contributed by atoms with Crippen LogP contribution in [0, 0.1) is 23.0 Å². The molecule has 0 saturated carbocycles. The predicted octanol–water partition coefficient (Wildman–Crippen LogP) is 6.92. The maximum absolute atomic E-state index is 17.9. The van der Waals surface area contributed by atoms with Crippen molar-refractivity contribution in [3.8, 4) is 17.3 Å². The molecule has 2 atom stereocenters. The molecule has 0 aliphatic carbocycles. The SMILES string of the molecule is CN1CCC12CN(c1nc(N3C4CCC3CN(C(=O)OC(C)(C)C)C4)c3c4c(c(-c5ncc(F)c6sc(NC(=O)OC(C)(C)C)c(C#N)c56)c(F)c3n1)COC4)C2. The average Bonchev–Trinajstić information content (AvgIpc) is 3.80. The number of hydrogen-bond donors (Lipinski definition) is 1. The molecule has 17 heteroatoms. The van der Waals surface area contributed by atoms with Gasteiger partial charge in [-0.1, -0.05) is 0 Å². The van der Waals surface area contributed by atoms with Crippen LogP contribution in [0.25, 0.3) is 32.2 Å². The second-order valence-electron chi connectivity index (χ2n) is 17.8. The number of anilines is 3. The molecule has 2 amide bonds. The minimum atomic E-state index is -0.824. The van der Waals surface area contributed by atoms with E-state index < -0.39 is 28.9 Å². The third-order valence-electron chi connectivity index (χ3n) is 11.8. The highest BCUT2D eigenvalue weighted by Crippen LogP contribution is 2.49. The third-order valence-corrected chi connectivity index (χ3v) is 12.9. The number of pyridine rings is 1. The molecule has 0 radical (unpaired) electrons. The first-order valence-corrected chi connectivity index (χ1v) is 20.1. The summed E-state index contributed by atoms with van der Waals surface area (Å²) < 4.78 is 50.7. The summed E-state index contributed by atoms with van der Waals surface area (Å²) in [7, 11) is 2.11. The molecule has 4 saturated heterocycles. The maximum Gasteiger partial charge on any atom is 0.412 e. The molecule has 14 nitrogen and oxygen atoms in total. The van der Waals surface area contributed by atoms with Crippen LogP contribution >= 0.6 is 11.3 Å². The zero-order valence-corrected chi connectivity index (χ0v) is 33.9. The van der Waals surface area contributed by atoms with Crippen molar-refractivity contribution in [3.05, 3.63) is 34.5 Å². The maximum atomic E-state index is 17.9. The lowest BCUT2D eigenvalue weighted by Gasteiger charge is -2.61. The molecule has 1 N–H and O–H groups in total. The van der Waals surface area contributed by atoms with Gasteiger partial charge in [-0.3, -0.25) is 15.2 Å². The highest BCUT2D eigenvalue weighted by Gasteiger charge is 2.53. The number of likely N-dealkylation sites (N-methyl/N-ethyl adjacent to an activating group) is 1. The van der Waals surface area contributed by atoms with E-state index >= 15 is 8.78 Å². The molecule has 5 aliphatic rings. The molecule has 9 rings (SSSR count). The number of amides is 2. The van der Waals surface area contributed by atoms with Gasteiger partial charge in [0.1, 0.15) is 33.6 Å². The summed E-state index contributed by atoms with van der Waals surface area (Å²) in [6.45, 7) is 14.1. The van der Waals surface area contributed by atoms with Crippen LogP contribution < -0.4 is 15.1 Å². The van der Waals surface area contributed by atoms with Gasteiger partial charge >= 0.3 is 12.2 Å². The number of nitrogens with zero attached hydrogens (tertiary/aromatic N) is 8. The highest BCUT2D eigenvalue weighted by molar-refractivity contribution is 7.23. The standard InChI is InChI=1S/C40H45F2N9O5S/c1-38(2,3)55-36(52)47-34-22(12-43)27-30(44-13-25(41)32(27)57-34)26-23-16-54-17-24(23)28-31(29(26)42)45-35(50-18-40(19-50)10-11-48(40)7)46-33(28)51-20-8-9-21(51)15-49(14-20)37(53)56-39(4,5)6/h13,20-21H,8-11,14-19H2,1-7H3,(H,47,52). The van der Waals surface area contributed by atoms with Gasteiger partial charge in [-0.05, 0) is 79.0 Å². The number of rotatable bonds is 4. The van der Waals surface area contributed by atoms with Crippen molar-refractivity contribution in [1.82, 2.24) is 24.8 Å². The van der Waals surface area contributed by atoms with E-state index in [1.807, 2.05) is 20.8 Å². The van der Waals surface area contributed by atoms with Crippen LogP contribution in [0.3, 0.4) is 0 Å². The topological polar surface area (TPSA) is 149 Å². The fourth-order valence-corrected chi connectivity index (χ4v) is 10.0. The summed E-state index contributed by atoms with van der Waals surface area (Å²) in [6.07, 6.45) is 2.51. The van der Waals surface area contributed by atoms with Crippen LogP contribution in [0.2, 0.25) is 0 Å². The number of nitriles is 1. The van der Waals surface area contributed by atoms with Gasteiger partial charge in [0.2, 0.25) is 5.95 Å². The summed E-state index contributed by atoms with van der Waals surface area (Å²) >= 11 is 0.856. The van der Waals surface area contributed by atoms with Crippen molar-refractivity contribution in [2.24, 2.45) is 0 Å². The Morgan fingerprint density at radius 1 is 1.02 bits per heavy atom. The fraction of sp³-hybridized carbons (Fsp3) is 0.550. The van der Waals surface area contributed by atoms with Crippen LogP contribution in [0.4, 0.5) is 35.1 Å². The molecular formula is C40H45F2N9O5S. The molecule has 4 fully saturated rings. The number of hydrogen-bond acceptors (Lipinski definition) is 13. The van der Waals surface area contributed by atoms with Gasteiger partial charge in [0.05, 0.1) is 46.3 Å². The normalized spacial score (nSPS) is 21.4.